The van der Waals surface area contributed by atoms with Gasteiger partial charge in [-0.25, -0.2) is 17.6 Å². The van der Waals surface area contributed by atoms with Gasteiger partial charge in [-0.1, -0.05) is 15.9 Å². The molecule has 1 heterocycles. The Morgan fingerprint density at radius 2 is 1.71 bits per heavy atom. The standard InChI is InChI=1S/C15H13BrFN3O3S/c1-19-13-6-4-10(8-14(13)20(2)15(19)21)24(22,23)18-12-5-3-9(16)7-11(12)17/h3-8,18H,1-2H3. The van der Waals surface area contributed by atoms with E-state index in [0.29, 0.717) is 15.5 Å². The molecule has 0 spiro atoms. The van der Waals surface area contributed by atoms with Crippen molar-refractivity contribution in [3.63, 3.8) is 0 Å². The van der Waals surface area contributed by atoms with Crippen molar-refractivity contribution < 1.29 is 12.8 Å². The number of rotatable bonds is 3. The van der Waals surface area contributed by atoms with Crippen LogP contribution < -0.4 is 10.4 Å². The molecule has 0 radical (unpaired) electrons. The van der Waals surface area contributed by atoms with E-state index in [0.717, 1.165) is 0 Å². The largest absolute Gasteiger partial charge is 0.328 e. The van der Waals surface area contributed by atoms with Gasteiger partial charge in [0.2, 0.25) is 0 Å². The minimum atomic E-state index is -3.99. The second-order valence-corrected chi connectivity index (χ2v) is 7.88. The highest BCUT2D eigenvalue weighted by Crippen LogP contribution is 2.24. The first-order valence-electron chi connectivity index (χ1n) is 6.84. The lowest BCUT2D eigenvalue weighted by atomic mass is 10.3. The topological polar surface area (TPSA) is 73.1 Å². The first-order chi connectivity index (χ1) is 11.2. The summed E-state index contributed by atoms with van der Waals surface area (Å²) < 4.78 is 44.4. The Bertz CT molecular complexity index is 1120. The van der Waals surface area contributed by atoms with Crippen LogP contribution in [0.5, 0.6) is 0 Å². The van der Waals surface area contributed by atoms with E-state index in [1.54, 1.807) is 20.2 Å². The fraction of sp³-hybridized carbons (Fsp3) is 0.133. The maximum absolute atomic E-state index is 13.9. The average molecular weight is 414 g/mol. The van der Waals surface area contributed by atoms with E-state index in [9.17, 15) is 17.6 Å². The summed E-state index contributed by atoms with van der Waals surface area (Å²) >= 11 is 3.11. The predicted octanol–water partition coefficient (Wildman–Crippen LogP) is 2.58. The Morgan fingerprint density at radius 3 is 2.38 bits per heavy atom. The van der Waals surface area contributed by atoms with Gasteiger partial charge in [0.15, 0.2) is 0 Å². The second kappa shape index (κ2) is 5.75. The van der Waals surface area contributed by atoms with Crippen LogP contribution in [0.2, 0.25) is 0 Å². The van der Waals surface area contributed by atoms with Crippen molar-refractivity contribution in [1.82, 2.24) is 9.13 Å². The van der Waals surface area contributed by atoms with Crippen LogP contribution in [-0.4, -0.2) is 17.6 Å². The number of anilines is 1. The summed E-state index contributed by atoms with van der Waals surface area (Å²) in [5.41, 5.74) is 0.671. The van der Waals surface area contributed by atoms with E-state index in [4.69, 9.17) is 0 Å². The molecular weight excluding hydrogens is 401 g/mol. The molecule has 3 rings (SSSR count). The molecule has 3 aromatic rings. The molecule has 0 bridgehead atoms. The summed E-state index contributed by atoms with van der Waals surface area (Å²) in [6.45, 7) is 0. The normalized spacial score (nSPS) is 11.8. The Balaban J connectivity index is 2.08. The molecule has 0 aliphatic rings. The van der Waals surface area contributed by atoms with Crippen LogP contribution in [0.15, 0.2) is 50.6 Å². The van der Waals surface area contributed by atoms with Crippen LogP contribution in [0.4, 0.5) is 10.1 Å². The lowest BCUT2D eigenvalue weighted by Crippen LogP contribution is -2.19. The highest BCUT2D eigenvalue weighted by Gasteiger charge is 2.19. The van der Waals surface area contributed by atoms with Gasteiger partial charge in [-0.2, -0.15) is 0 Å². The molecule has 2 aromatic carbocycles. The van der Waals surface area contributed by atoms with E-state index in [1.165, 1.54) is 39.5 Å². The first-order valence-corrected chi connectivity index (χ1v) is 9.11. The average Bonchev–Trinajstić information content (AvgIpc) is 2.74. The third-order valence-electron chi connectivity index (χ3n) is 3.73. The van der Waals surface area contributed by atoms with Gasteiger partial charge < -0.3 is 0 Å². The van der Waals surface area contributed by atoms with Gasteiger partial charge >= 0.3 is 5.69 Å². The highest BCUT2D eigenvalue weighted by atomic mass is 79.9. The maximum atomic E-state index is 13.9. The number of imidazole rings is 1. The van der Waals surface area contributed by atoms with Gasteiger partial charge in [0, 0.05) is 18.6 Å². The van der Waals surface area contributed by atoms with Crippen LogP contribution in [-0.2, 0) is 24.1 Å². The van der Waals surface area contributed by atoms with E-state index < -0.39 is 15.8 Å². The summed E-state index contributed by atoms with van der Waals surface area (Å²) in [4.78, 5) is 11.9. The third kappa shape index (κ3) is 2.73. The van der Waals surface area contributed by atoms with Crippen molar-refractivity contribution >= 4 is 42.7 Å². The van der Waals surface area contributed by atoms with Gasteiger partial charge in [0.1, 0.15) is 5.82 Å². The molecule has 9 heteroatoms. The molecule has 0 fully saturated rings. The van der Waals surface area contributed by atoms with Gasteiger partial charge in [-0.05, 0) is 36.4 Å². The maximum Gasteiger partial charge on any atom is 0.328 e. The molecule has 0 aliphatic carbocycles. The minimum absolute atomic E-state index is 0.0569. The minimum Gasteiger partial charge on any atom is -0.295 e. The predicted molar refractivity (Wildman–Crippen MR) is 93.1 cm³/mol. The fourth-order valence-corrected chi connectivity index (χ4v) is 3.85. The molecule has 6 nitrogen and oxygen atoms in total. The molecular formula is C15H13BrFN3O3S. The van der Waals surface area contributed by atoms with Gasteiger partial charge in [-0.15, -0.1) is 0 Å². The number of fused-ring (bicyclic) bond motifs is 1. The van der Waals surface area contributed by atoms with Crippen LogP contribution in [0.1, 0.15) is 0 Å². The number of sulfonamides is 1. The van der Waals surface area contributed by atoms with E-state index >= 15 is 0 Å². The lowest BCUT2D eigenvalue weighted by molar-refractivity contribution is 0.598. The monoisotopic (exact) mass is 413 g/mol. The van der Waals surface area contributed by atoms with Crippen LogP contribution in [0.25, 0.3) is 11.0 Å². The summed E-state index contributed by atoms with van der Waals surface area (Å²) in [5, 5.41) is 0. The number of hydrogen-bond acceptors (Lipinski definition) is 3. The number of nitrogens with one attached hydrogen (secondary N) is 1. The van der Waals surface area contributed by atoms with Crippen LogP contribution in [0.3, 0.4) is 0 Å². The van der Waals surface area contributed by atoms with Crippen LogP contribution in [0, 0.1) is 5.82 Å². The summed E-state index contributed by atoms with van der Waals surface area (Å²) in [6.07, 6.45) is 0. The van der Waals surface area contributed by atoms with Crippen molar-refractivity contribution in [3.8, 4) is 0 Å². The molecule has 1 aromatic heterocycles. The highest BCUT2D eigenvalue weighted by molar-refractivity contribution is 9.10. The number of aromatic nitrogens is 2. The molecule has 0 aliphatic heterocycles. The van der Waals surface area contributed by atoms with E-state index in [1.807, 2.05) is 0 Å². The zero-order chi connectivity index (χ0) is 17.6. The van der Waals surface area contributed by atoms with Crippen LogP contribution >= 0.6 is 15.9 Å². The Morgan fingerprint density at radius 1 is 1.04 bits per heavy atom. The quantitative estimate of drug-likeness (QED) is 0.716. The van der Waals surface area contributed by atoms with Crippen molar-refractivity contribution in [2.45, 2.75) is 4.90 Å². The number of nitrogens with zero attached hydrogens (tertiary/aromatic N) is 2. The Kier molecular flexibility index (Phi) is 4.00. The SMILES string of the molecule is Cn1c(=O)n(C)c2cc(S(=O)(=O)Nc3ccc(Br)cc3F)ccc21. The summed E-state index contributed by atoms with van der Waals surface area (Å²) in [6, 6.07) is 8.33. The zero-order valence-electron chi connectivity index (χ0n) is 12.7. The van der Waals surface area contributed by atoms with Crippen molar-refractivity contribution in [3.05, 3.63) is 57.2 Å². The Hall–Kier alpha value is -2.13. The molecule has 1 N–H and O–H groups in total. The lowest BCUT2D eigenvalue weighted by Gasteiger charge is -2.09. The smallest absolute Gasteiger partial charge is 0.295 e. The van der Waals surface area contributed by atoms with E-state index in [-0.39, 0.29) is 16.3 Å². The van der Waals surface area contributed by atoms with Gasteiger partial charge in [0.25, 0.3) is 10.0 Å². The number of halogens is 2. The number of benzene rings is 2. The molecule has 0 atom stereocenters. The third-order valence-corrected chi connectivity index (χ3v) is 5.59. The molecule has 0 unspecified atom stereocenters. The van der Waals surface area contributed by atoms with E-state index in [2.05, 4.69) is 20.7 Å². The molecule has 24 heavy (non-hydrogen) atoms. The summed E-state index contributed by atoms with van der Waals surface area (Å²) in [7, 11) is -0.827. The van der Waals surface area contributed by atoms with Crippen molar-refractivity contribution in [1.29, 1.82) is 0 Å². The Labute approximate surface area is 145 Å². The van der Waals surface area contributed by atoms with Crippen molar-refractivity contribution in [2.75, 3.05) is 4.72 Å². The number of aryl methyl sites for hydroxylation is 2. The van der Waals surface area contributed by atoms with Gasteiger partial charge in [-0.3, -0.25) is 13.9 Å². The molecule has 0 saturated carbocycles. The molecule has 126 valence electrons. The zero-order valence-corrected chi connectivity index (χ0v) is 15.1. The molecule has 0 saturated heterocycles. The van der Waals surface area contributed by atoms with Gasteiger partial charge in [0.05, 0.1) is 21.6 Å². The molecule has 0 amide bonds. The van der Waals surface area contributed by atoms with Crippen molar-refractivity contribution in [2.24, 2.45) is 14.1 Å². The first kappa shape index (κ1) is 16.7. The summed E-state index contributed by atoms with van der Waals surface area (Å²) in [5.74, 6) is -0.693. The number of hydrogen-bond donors (Lipinski definition) is 1. The second-order valence-electron chi connectivity index (χ2n) is 5.28. The fourth-order valence-electron chi connectivity index (χ4n) is 2.43.